The normalized spacial score (nSPS) is 11.1. The number of aromatic hydroxyl groups is 1. The van der Waals surface area contributed by atoms with Crippen LogP contribution in [0.5, 0.6) is 5.75 Å². The third-order valence-corrected chi connectivity index (χ3v) is 5.48. The van der Waals surface area contributed by atoms with E-state index in [0.29, 0.717) is 11.3 Å². The standard InChI is InChI=1S/C20H17FN2O4S/c1-13-2-3-14(20(25)22-16-8-10-18(24)11-9-16)12-19(13)28(26,27)23-17-6-4-15(21)5-7-17/h2-12,23-24H,1H3,(H,22,25). The van der Waals surface area contributed by atoms with E-state index in [1.54, 1.807) is 6.92 Å². The van der Waals surface area contributed by atoms with Crippen LogP contribution in [0, 0.1) is 12.7 Å². The van der Waals surface area contributed by atoms with Crippen LogP contribution in [0.4, 0.5) is 15.8 Å². The van der Waals surface area contributed by atoms with Gasteiger partial charge in [0.15, 0.2) is 0 Å². The molecule has 3 aromatic carbocycles. The van der Waals surface area contributed by atoms with Gasteiger partial charge in [0.2, 0.25) is 0 Å². The molecule has 6 nitrogen and oxygen atoms in total. The summed E-state index contributed by atoms with van der Waals surface area (Å²) in [6, 6.07) is 15.1. The van der Waals surface area contributed by atoms with Gasteiger partial charge < -0.3 is 10.4 Å². The number of aryl methyl sites for hydroxylation is 1. The fraction of sp³-hybridized carbons (Fsp3) is 0.0500. The summed E-state index contributed by atoms with van der Waals surface area (Å²) < 4.78 is 40.8. The molecular weight excluding hydrogens is 383 g/mol. The molecule has 0 saturated carbocycles. The molecule has 3 N–H and O–H groups in total. The quantitative estimate of drug-likeness (QED) is 0.566. The molecule has 3 aromatic rings. The number of hydrogen-bond donors (Lipinski definition) is 3. The van der Waals surface area contributed by atoms with Crippen molar-refractivity contribution in [1.29, 1.82) is 0 Å². The Bertz CT molecular complexity index is 1110. The molecule has 28 heavy (non-hydrogen) atoms. The molecule has 0 heterocycles. The van der Waals surface area contributed by atoms with E-state index in [0.717, 1.165) is 12.1 Å². The van der Waals surface area contributed by atoms with Gasteiger partial charge in [-0.3, -0.25) is 9.52 Å². The number of benzene rings is 3. The molecule has 0 aliphatic rings. The molecule has 144 valence electrons. The van der Waals surface area contributed by atoms with Crippen LogP contribution in [0.15, 0.2) is 71.6 Å². The topological polar surface area (TPSA) is 95.5 Å². The molecule has 0 aliphatic carbocycles. The summed E-state index contributed by atoms with van der Waals surface area (Å²) >= 11 is 0. The van der Waals surface area contributed by atoms with E-state index < -0.39 is 21.7 Å². The van der Waals surface area contributed by atoms with Crippen LogP contribution < -0.4 is 10.0 Å². The minimum Gasteiger partial charge on any atom is -0.508 e. The largest absolute Gasteiger partial charge is 0.508 e. The van der Waals surface area contributed by atoms with E-state index in [4.69, 9.17) is 0 Å². The van der Waals surface area contributed by atoms with Gasteiger partial charge in [-0.15, -0.1) is 0 Å². The van der Waals surface area contributed by atoms with Crippen molar-refractivity contribution in [2.75, 3.05) is 10.0 Å². The number of hydrogen-bond acceptors (Lipinski definition) is 4. The third-order valence-electron chi connectivity index (χ3n) is 3.96. The fourth-order valence-electron chi connectivity index (χ4n) is 2.51. The van der Waals surface area contributed by atoms with E-state index in [-0.39, 0.29) is 21.9 Å². The summed E-state index contributed by atoms with van der Waals surface area (Å²) in [5.74, 6) is -0.912. The summed E-state index contributed by atoms with van der Waals surface area (Å²) in [5, 5.41) is 11.9. The number of halogens is 1. The Labute approximate surface area is 161 Å². The maximum absolute atomic E-state index is 13.0. The van der Waals surface area contributed by atoms with Gasteiger partial charge in [-0.05, 0) is 73.2 Å². The van der Waals surface area contributed by atoms with Gasteiger partial charge in [0.25, 0.3) is 15.9 Å². The van der Waals surface area contributed by atoms with Crippen LogP contribution in [0.1, 0.15) is 15.9 Å². The number of carbonyl (C=O) groups is 1. The van der Waals surface area contributed by atoms with E-state index in [1.165, 1.54) is 54.6 Å². The molecule has 0 aromatic heterocycles. The lowest BCUT2D eigenvalue weighted by atomic mass is 10.1. The average molecular weight is 400 g/mol. The zero-order chi connectivity index (χ0) is 20.3. The first-order chi connectivity index (χ1) is 13.2. The lowest BCUT2D eigenvalue weighted by molar-refractivity contribution is 0.102. The molecule has 0 bridgehead atoms. The monoisotopic (exact) mass is 400 g/mol. The Morgan fingerprint density at radius 1 is 0.929 bits per heavy atom. The van der Waals surface area contributed by atoms with Crippen LogP contribution in [0.25, 0.3) is 0 Å². The average Bonchev–Trinajstić information content (AvgIpc) is 2.65. The Hall–Kier alpha value is -3.39. The highest BCUT2D eigenvalue weighted by Crippen LogP contribution is 2.22. The predicted octanol–water partition coefficient (Wildman–Crippen LogP) is 3.89. The molecule has 0 atom stereocenters. The first-order valence-electron chi connectivity index (χ1n) is 8.24. The third kappa shape index (κ3) is 4.47. The van der Waals surface area contributed by atoms with E-state index in [9.17, 15) is 22.7 Å². The number of nitrogens with one attached hydrogen (secondary N) is 2. The Kier molecular flexibility index (Phi) is 5.32. The molecule has 0 unspecified atom stereocenters. The smallest absolute Gasteiger partial charge is 0.262 e. The molecule has 0 radical (unpaired) electrons. The van der Waals surface area contributed by atoms with Crippen LogP contribution in [0.2, 0.25) is 0 Å². The molecule has 0 spiro atoms. The first kappa shape index (κ1) is 19.4. The maximum Gasteiger partial charge on any atom is 0.262 e. The van der Waals surface area contributed by atoms with Crippen LogP contribution >= 0.6 is 0 Å². The molecular formula is C20H17FN2O4S. The number of amides is 1. The van der Waals surface area contributed by atoms with E-state index >= 15 is 0 Å². The summed E-state index contributed by atoms with van der Waals surface area (Å²) in [5.41, 5.74) is 1.27. The Balaban J connectivity index is 1.86. The minimum atomic E-state index is -3.98. The van der Waals surface area contributed by atoms with Gasteiger partial charge in [0.1, 0.15) is 11.6 Å². The lowest BCUT2D eigenvalue weighted by Gasteiger charge is -2.12. The van der Waals surface area contributed by atoms with Crippen LogP contribution in [-0.2, 0) is 10.0 Å². The van der Waals surface area contributed by atoms with Crippen molar-refractivity contribution in [2.24, 2.45) is 0 Å². The Morgan fingerprint density at radius 2 is 1.54 bits per heavy atom. The van der Waals surface area contributed by atoms with Crippen molar-refractivity contribution in [1.82, 2.24) is 0 Å². The molecule has 8 heteroatoms. The van der Waals surface area contributed by atoms with E-state index in [1.807, 2.05) is 0 Å². The second-order valence-corrected chi connectivity index (χ2v) is 7.74. The van der Waals surface area contributed by atoms with Crippen molar-refractivity contribution in [3.05, 3.63) is 83.7 Å². The number of anilines is 2. The highest BCUT2D eigenvalue weighted by molar-refractivity contribution is 7.92. The fourth-order valence-corrected chi connectivity index (χ4v) is 3.84. The van der Waals surface area contributed by atoms with E-state index in [2.05, 4.69) is 10.0 Å². The van der Waals surface area contributed by atoms with Crippen LogP contribution in [0.3, 0.4) is 0 Å². The van der Waals surface area contributed by atoms with Gasteiger partial charge in [0, 0.05) is 16.9 Å². The molecule has 0 fully saturated rings. The van der Waals surface area contributed by atoms with Gasteiger partial charge in [0.05, 0.1) is 4.90 Å². The van der Waals surface area contributed by atoms with Crippen molar-refractivity contribution >= 4 is 27.3 Å². The zero-order valence-electron chi connectivity index (χ0n) is 14.8. The number of phenolic OH excluding ortho intramolecular Hbond substituents is 1. The summed E-state index contributed by atoms with van der Waals surface area (Å²) in [6.45, 7) is 1.61. The zero-order valence-corrected chi connectivity index (χ0v) is 15.6. The maximum atomic E-state index is 13.0. The summed E-state index contributed by atoms with van der Waals surface area (Å²) in [7, 11) is -3.98. The number of rotatable bonds is 5. The molecule has 3 rings (SSSR count). The second kappa shape index (κ2) is 7.69. The van der Waals surface area contributed by atoms with Gasteiger partial charge in [-0.2, -0.15) is 0 Å². The Morgan fingerprint density at radius 3 is 2.18 bits per heavy atom. The number of carbonyl (C=O) groups excluding carboxylic acids is 1. The lowest BCUT2D eigenvalue weighted by Crippen LogP contribution is -2.17. The van der Waals surface area contributed by atoms with Crippen molar-refractivity contribution in [2.45, 2.75) is 11.8 Å². The van der Waals surface area contributed by atoms with Crippen molar-refractivity contribution < 1.29 is 22.7 Å². The number of sulfonamides is 1. The molecule has 0 aliphatic heterocycles. The highest BCUT2D eigenvalue weighted by Gasteiger charge is 2.19. The van der Waals surface area contributed by atoms with Gasteiger partial charge in [-0.1, -0.05) is 6.07 Å². The SMILES string of the molecule is Cc1ccc(C(=O)Nc2ccc(O)cc2)cc1S(=O)(=O)Nc1ccc(F)cc1. The summed E-state index contributed by atoms with van der Waals surface area (Å²) in [6.07, 6.45) is 0. The summed E-state index contributed by atoms with van der Waals surface area (Å²) in [4.78, 5) is 12.4. The predicted molar refractivity (Wildman–Crippen MR) is 104 cm³/mol. The number of phenols is 1. The molecule has 0 saturated heterocycles. The van der Waals surface area contributed by atoms with Crippen LogP contribution in [-0.4, -0.2) is 19.4 Å². The minimum absolute atomic E-state index is 0.0600. The second-order valence-electron chi connectivity index (χ2n) is 6.09. The van der Waals surface area contributed by atoms with Crippen molar-refractivity contribution in [3.63, 3.8) is 0 Å². The first-order valence-corrected chi connectivity index (χ1v) is 9.72. The highest BCUT2D eigenvalue weighted by atomic mass is 32.2. The van der Waals surface area contributed by atoms with Gasteiger partial charge >= 0.3 is 0 Å². The molecule has 1 amide bonds. The van der Waals surface area contributed by atoms with Gasteiger partial charge in [-0.25, -0.2) is 12.8 Å². The van der Waals surface area contributed by atoms with Crippen molar-refractivity contribution in [3.8, 4) is 5.75 Å².